The Bertz CT molecular complexity index is 719. The Morgan fingerprint density at radius 2 is 1.74 bits per heavy atom. The number of nitrogens with zero attached hydrogens (tertiary/aromatic N) is 2. The number of carbonyl (C=O) groups excluding carboxylic acids is 1. The molecule has 1 amide bonds. The molecule has 2 aliphatic rings. The SMILES string of the molecule is C[C@@H]1C[C@H](C)CN(S(=O)(=O)c2ccc3c(c2)CCC(=O)N3C)C1. The van der Waals surface area contributed by atoms with E-state index in [1.165, 1.54) is 0 Å². The van der Waals surface area contributed by atoms with Crippen LogP contribution >= 0.6 is 0 Å². The number of anilines is 1. The van der Waals surface area contributed by atoms with Gasteiger partial charge in [0.1, 0.15) is 0 Å². The van der Waals surface area contributed by atoms with E-state index in [2.05, 4.69) is 13.8 Å². The zero-order valence-electron chi connectivity index (χ0n) is 13.9. The molecule has 1 saturated heterocycles. The zero-order chi connectivity index (χ0) is 16.8. The van der Waals surface area contributed by atoms with Gasteiger partial charge in [-0.15, -0.1) is 0 Å². The Balaban J connectivity index is 1.93. The van der Waals surface area contributed by atoms with Gasteiger partial charge in [-0.1, -0.05) is 13.8 Å². The number of rotatable bonds is 2. The molecule has 2 heterocycles. The van der Waals surface area contributed by atoms with Crippen molar-refractivity contribution in [1.82, 2.24) is 4.31 Å². The lowest BCUT2D eigenvalue weighted by molar-refractivity contribution is -0.118. The van der Waals surface area contributed by atoms with Crippen LogP contribution in [0.25, 0.3) is 0 Å². The average molecular weight is 336 g/mol. The van der Waals surface area contributed by atoms with Crippen LogP contribution in [0.2, 0.25) is 0 Å². The van der Waals surface area contributed by atoms with Crippen molar-refractivity contribution < 1.29 is 13.2 Å². The Hall–Kier alpha value is -1.40. The Morgan fingerprint density at radius 1 is 1.09 bits per heavy atom. The molecule has 5 nitrogen and oxygen atoms in total. The first-order valence-electron chi connectivity index (χ1n) is 8.18. The van der Waals surface area contributed by atoms with Gasteiger partial charge in [0.2, 0.25) is 15.9 Å². The van der Waals surface area contributed by atoms with Crippen molar-refractivity contribution in [1.29, 1.82) is 0 Å². The molecular formula is C17H24N2O3S. The summed E-state index contributed by atoms with van der Waals surface area (Å²) in [6, 6.07) is 5.14. The lowest BCUT2D eigenvalue weighted by Gasteiger charge is -2.34. The summed E-state index contributed by atoms with van der Waals surface area (Å²) < 4.78 is 27.5. The molecule has 3 rings (SSSR count). The van der Waals surface area contributed by atoms with E-state index in [0.717, 1.165) is 17.7 Å². The predicted molar refractivity (Wildman–Crippen MR) is 89.9 cm³/mol. The number of hydrogen-bond acceptors (Lipinski definition) is 3. The molecule has 126 valence electrons. The van der Waals surface area contributed by atoms with Gasteiger partial charge in [0.25, 0.3) is 0 Å². The van der Waals surface area contributed by atoms with E-state index < -0.39 is 10.0 Å². The first-order valence-corrected chi connectivity index (χ1v) is 9.62. The van der Waals surface area contributed by atoms with E-state index in [0.29, 0.717) is 42.7 Å². The third kappa shape index (κ3) is 3.02. The standard InChI is InChI=1S/C17H24N2O3S/c1-12-8-13(2)11-19(10-12)23(21,22)15-5-6-16-14(9-15)4-7-17(20)18(16)3/h5-6,9,12-13H,4,7-8,10-11H2,1-3H3/t12-,13+. The number of sulfonamides is 1. The van der Waals surface area contributed by atoms with Crippen molar-refractivity contribution in [2.45, 2.75) is 38.0 Å². The van der Waals surface area contributed by atoms with Gasteiger partial charge in [0, 0.05) is 32.2 Å². The van der Waals surface area contributed by atoms with E-state index in [1.807, 2.05) is 0 Å². The van der Waals surface area contributed by atoms with Crippen LogP contribution in [0.15, 0.2) is 23.1 Å². The largest absolute Gasteiger partial charge is 0.315 e. The Labute approximate surface area is 138 Å². The summed E-state index contributed by atoms with van der Waals surface area (Å²) in [7, 11) is -1.72. The summed E-state index contributed by atoms with van der Waals surface area (Å²) in [6.45, 7) is 5.38. The maximum atomic E-state index is 13.0. The number of aryl methyl sites for hydroxylation is 1. The second-order valence-electron chi connectivity index (χ2n) is 7.01. The maximum Gasteiger partial charge on any atom is 0.243 e. The highest BCUT2D eigenvalue weighted by atomic mass is 32.2. The van der Waals surface area contributed by atoms with Gasteiger partial charge in [0.05, 0.1) is 4.90 Å². The summed E-state index contributed by atoms with van der Waals surface area (Å²) in [5.74, 6) is 0.844. The molecule has 2 aliphatic heterocycles. The first-order chi connectivity index (χ1) is 10.8. The third-order valence-corrected chi connectivity index (χ3v) is 6.70. The highest BCUT2D eigenvalue weighted by Gasteiger charge is 2.32. The van der Waals surface area contributed by atoms with E-state index in [-0.39, 0.29) is 5.91 Å². The lowest BCUT2D eigenvalue weighted by atomic mass is 9.94. The number of piperidine rings is 1. The van der Waals surface area contributed by atoms with Crippen molar-refractivity contribution in [3.8, 4) is 0 Å². The molecule has 0 radical (unpaired) electrons. The zero-order valence-corrected chi connectivity index (χ0v) is 14.8. The molecule has 0 bridgehead atoms. The molecule has 6 heteroatoms. The molecule has 0 unspecified atom stereocenters. The molecule has 1 aromatic rings. The van der Waals surface area contributed by atoms with E-state index in [9.17, 15) is 13.2 Å². The van der Waals surface area contributed by atoms with Crippen LogP contribution in [0.3, 0.4) is 0 Å². The summed E-state index contributed by atoms with van der Waals surface area (Å²) in [5.41, 5.74) is 1.76. The number of amides is 1. The van der Waals surface area contributed by atoms with Crippen molar-refractivity contribution in [2.24, 2.45) is 11.8 Å². The molecule has 0 aliphatic carbocycles. The second-order valence-corrected chi connectivity index (χ2v) is 8.95. The Kier molecular flexibility index (Phi) is 4.23. The summed E-state index contributed by atoms with van der Waals surface area (Å²) in [6.07, 6.45) is 2.11. The van der Waals surface area contributed by atoms with E-state index >= 15 is 0 Å². The number of carbonyl (C=O) groups is 1. The third-order valence-electron chi connectivity index (χ3n) is 4.87. The molecule has 1 fully saturated rings. The van der Waals surface area contributed by atoms with Crippen LogP contribution < -0.4 is 4.90 Å². The first kappa shape index (κ1) is 16.5. The fourth-order valence-corrected chi connectivity index (χ4v) is 5.48. The molecule has 2 atom stereocenters. The van der Waals surface area contributed by atoms with Crippen molar-refractivity contribution in [2.75, 3.05) is 25.0 Å². The van der Waals surface area contributed by atoms with Crippen LogP contribution in [0.1, 0.15) is 32.3 Å². The van der Waals surface area contributed by atoms with Crippen LogP contribution in [-0.4, -0.2) is 38.8 Å². The molecule has 0 N–H and O–H groups in total. The van der Waals surface area contributed by atoms with Crippen molar-refractivity contribution in [3.05, 3.63) is 23.8 Å². The molecule has 23 heavy (non-hydrogen) atoms. The van der Waals surface area contributed by atoms with E-state index in [4.69, 9.17) is 0 Å². The molecular weight excluding hydrogens is 312 g/mol. The highest BCUT2D eigenvalue weighted by Crippen LogP contribution is 2.32. The molecule has 0 saturated carbocycles. The van der Waals surface area contributed by atoms with Crippen molar-refractivity contribution >= 4 is 21.6 Å². The smallest absolute Gasteiger partial charge is 0.243 e. The van der Waals surface area contributed by atoms with Crippen LogP contribution in [-0.2, 0) is 21.2 Å². The monoisotopic (exact) mass is 336 g/mol. The van der Waals surface area contributed by atoms with Gasteiger partial charge in [-0.2, -0.15) is 4.31 Å². The fraction of sp³-hybridized carbons (Fsp3) is 0.588. The van der Waals surface area contributed by atoms with Crippen LogP contribution in [0.5, 0.6) is 0 Å². The second kappa shape index (κ2) is 5.91. The van der Waals surface area contributed by atoms with E-state index in [1.54, 1.807) is 34.5 Å². The Morgan fingerprint density at radius 3 is 2.39 bits per heavy atom. The number of hydrogen-bond donors (Lipinski definition) is 0. The van der Waals surface area contributed by atoms with Gasteiger partial charge < -0.3 is 4.90 Å². The highest BCUT2D eigenvalue weighted by molar-refractivity contribution is 7.89. The van der Waals surface area contributed by atoms with Gasteiger partial charge in [0.15, 0.2) is 0 Å². The normalized spacial score (nSPS) is 26.2. The number of fused-ring (bicyclic) bond motifs is 1. The van der Waals surface area contributed by atoms with Gasteiger partial charge >= 0.3 is 0 Å². The molecule has 1 aromatic carbocycles. The topological polar surface area (TPSA) is 57.7 Å². The number of benzene rings is 1. The summed E-state index contributed by atoms with van der Waals surface area (Å²) >= 11 is 0. The van der Waals surface area contributed by atoms with Gasteiger partial charge in [-0.05, 0) is 48.4 Å². The average Bonchev–Trinajstić information content (AvgIpc) is 2.49. The minimum absolute atomic E-state index is 0.0757. The van der Waals surface area contributed by atoms with Crippen LogP contribution in [0, 0.1) is 11.8 Å². The fourth-order valence-electron chi connectivity index (χ4n) is 3.74. The summed E-state index contributed by atoms with van der Waals surface area (Å²) in [5, 5.41) is 0. The predicted octanol–water partition coefficient (Wildman–Crippen LogP) is 2.26. The quantitative estimate of drug-likeness (QED) is 0.832. The summed E-state index contributed by atoms with van der Waals surface area (Å²) in [4.78, 5) is 13.7. The lowest BCUT2D eigenvalue weighted by Crippen LogP contribution is -2.42. The van der Waals surface area contributed by atoms with Gasteiger partial charge in [-0.3, -0.25) is 4.79 Å². The van der Waals surface area contributed by atoms with Crippen molar-refractivity contribution in [3.63, 3.8) is 0 Å². The van der Waals surface area contributed by atoms with Gasteiger partial charge in [-0.25, -0.2) is 8.42 Å². The minimum Gasteiger partial charge on any atom is -0.315 e. The maximum absolute atomic E-state index is 13.0. The minimum atomic E-state index is -3.46. The molecule has 0 spiro atoms. The van der Waals surface area contributed by atoms with Crippen LogP contribution in [0.4, 0.5) is 5.69 Å². The molecule has 0 aromatic heterocycles.